The zero-order valence-corrected chi connectivity index (χ0v) is 69.8. The Morgan fingerprint density at radius 2 is 0.391 bits per heavy atom. The molecule has 0 aliphatic rings. The first-order chi connectivity index (χ1) is 63.5. The van der Waals surface area contributed by atoms with Crippen LogP contribution in [0.2, 0.25) is 0 Å². The number of hydrogen-bond acceptors (Lipinski definition) is 0. The molecule has 0 atom stereocenters. The average molecular weight is 1620 g/mol. The Morgan fingerprint density at radius 3 is 0.828 bits per heavy atom. The summed E-state index contributed by atoms with van der Waals surface area (Å²) in [7, 11) is 0. The number of para-hydroxylation sites is 4. The molecule has 0 N–H and O–H groups in total. The van der Waals surface area contributed by atoms with E-state index in [1.165, 1.54) is 229 Å². The molecule has 27 aromatic rings. The van der Waals surface area contributed by atoms with Crippen molar-refractivity contribution in [1.29, 1.82) is 0 Å². The second-order valence-corrected chi connectivity index (χ2v) is 34.1. The first kappa shape index (κ1) is 72.7. The average Bonchev–Trinajstić information content (AvgIpc) is 1.18. The number of fused-ring (bicyclic) bond motifs is 25. The molecular formula is C124H78N4. The van der Waals surface area contributed by atoms with Crippen molar-refractivity contribution in [3.05, 3.63) is 473 Å². The lowest BCUT2D eigenvalue weighted by molar-refractivity contribution is 1.18. The molecule has 4 aromatic heterocycles. The molecule has 0 bridgehead atoms. The Morgan fingerprint density at radius 1 is 0.109 bits per heavy atom. The third kappa shape index (κ3) is 11.6. The Bertz CT molecular complexity index is 9260. The van der Waals surface area contributed by atoms with Gasteiger partial charge in [0.2, 0.25) is 0 Å². The lowest BCUT2D eigenvalue weighted by Crippen LogP contribution is -1.95. The molecule has 4 heterocycles. The van der Waals surface area contributed by atoms with Gasteiger partial charge in [-0.25, -0.2) is 0 Å². The third-order valence-corrected chi connectivity index (χ3v) is 27.1. The van der Waals surface area contributed by atoms with Gasteiger partial charge in [-0.05, 0) is 276 Å². The molecule has 0 unspecified atom stereocenters. The summed E-state index contributed by atoms with van der Waals surface area (Å²) >= 11 is 0. The molecule has 27 rings (SSSR count). The molecule has 4 nitrogen and oxygen atoms in total. The van der Waals surface area contributed by atoms with Crippen LogP contribution >= 0.6 is 0 Å². The summed E-state index contributed by atoms with van der Waals surface area (Å²) in [5, 5.41) is 28.0. The predicted molar refractivity (Wildman–Crippen MR) is 545 cm³/mol. The van der Waals surface area contributed by atoms with Crippen LogP contribution in [0.15, 0.2) is 473 Å². The third-order valence-electron chi connectivity index (χ3n) is 27.1. The molecule has 23 aromatic carbocycles. The zero-order valence-electron chi connectivity index (χ0n) is 69.8. The SMILES string of the molecule is c1ccc(-c2cccc(-n3c4ccccc4c4cc(-c5ccc6c(c5)c5ccccc5n6-c5ccc(-c6cc7c8ccccc8c8ccccc8c7c7ccccc67)cc5)ccc43)c2)cc1.c1ccc(-c2cccc(-n3c4ccccc4c4cc(-c5ccc6c(c5)c5ccccc5n6-c5cccc(-c6cc7ccc8ccccc8c7c7ccccc67)c5)ccc43)c2)cc1. The minimum absolute atomic E-state index is 1.14. The van der Waals surface area contributed by atoms with E-state index in [0.29, 0.717) is 0 Å². The summed E-state index contributed by atoms with van der Waals surface area (Å²) in [5.41, 5.74) is 28.8. The monoisotopic (exact) mass is 1620 g/mol. The van der Waals surface area contributed by atoms with Gasteiger partial charge in [-0.1, -0.05) is 340 Å². The summed E-state index contributed by atoms with van der Waals surface area (Å²) in [6.45, 7) is 0. The van der Waals surface area contributed by atoms with Gasteiger partial charge in [0.15, 0.2) is 0 Å². The molecule has 4 heteroatoms. The van der Waals surface area contributed by atoms with Gasteiger partial charge in [0.1, 0.15) is 0 Å². The van der Waals surface area contributed by atoms with Crippen molar-refractivity contribution in [2.45, 2.75) is 0 Å². The number of benzene rings is 23. The largest absolute Gasteiger partial charge is 0.309 e. The number of rotatable bonds is 10. The fourth-order valence-electron chi connectivity index (χ4n) is 21.4. The van der Waals surface area contributed by atoms with Gasteiger partial charge in [-0.15, -0.1) is 0 Å². The summed E-state index contributed by atoms with van der Waals surface area (Å²) < 4.78 is 9.69. The molecule has 0 radical (unpaired) electrons. The maximum absolute atomic E-state index is 2.44. The first-order valence-corrected chi connectivity index (χ1v) is 44.3. The van der Waals surface area contributed by atoms with Crippen LogP contribution in [0.25, 0.3) is 252 Å². The van der Waals surface area contributed by atoms with Gasteiger partial charge in [0.05, 0.1) is 44.1 Å². The minimum Gasteiger partial charge on any atom is -0.309 e. The summed E-state index contributed by atoms with van der Waals surface area (Å²) in [4.78, 5) is 0. The van der Waals surface area contributed by atoms with Crippen molar-refractivity contribution < 1.29 is 0 Å². The van der Waals surface area contributed by atoms with E-state index >= 15 is 0 Å². The maximum atomic E-state index is 2.44. The topological polar surface area (TPSA) is 19.7 Å². The number of aromatic nitrogens is 4. The molecule has 594 valence electrons. The Hall–Kier alpha value is -16.9. The van der Waals surface area contributed by atoms with Crippen molar-refractivity contribution in [2.75, 3.05) is 0 Å². The van der Waals surface area contributed by atoms with Gasteiger partial charge in [-0.3, -0.25) is 0 Å². The smallest absolute Gasteiger partial charge is 0.0541 e. The van der Waals surface area contributed by atoms with Crippen LogP contribution in [0, 0.1) is 0 Å². The van der Waals surface area contributed by atoms with Crippen LogP contribution < -0.4 is 0 Å². The molecule has 0 aliphatic heterocycles. The number of hydrogen-bond donors (Lipinski definition) is 0. The summed E-state index contributed by atoms with van der Waals surface area (Å²) in [5.74, 6) is 0. The number of nitrogens with zero attached hydrogens (tertiary/aromatic N) is 4. The predicted octanol–water partition coefficient (Wildman–Crippen LogP) is 33.8. The molecule has 0 aliphatic carbocycles. The van der Waals surface area contributed by atoms with Gasteiger partial charge in [0, 0.05) is 65.8 Å². The molecule has 0 saturated heterocycles. The first-order valence-electron chi connectivity index (χ1n) is 44.3. The molecule has 0 spiro atoms. The molecule has 0 fully saturated rings. The second-order valence-electron chi connectivity index (χ2n) is 34.1. The Kier molecular flexibility index (Phi) is 16.7. The van der Waals surface area contributed by atoms with Gasteiger partial charge >= 0.3 is 0 Å². The van der Waals surface area contributed by atoms with Crippen molar-refractivity contribution in [2.24, 2.45) is 0 Å². The highest BCUT2D eigenvalue weighted by Crippen LogP contribution is 2.48. The highest BCUT2D eigenvalue weighted by atomic mass is 15.0. The molecule has 0 amide bonds. The van der Waals surface area contributed by atoms with Crippen LogP contribution in [-0.4, -0.2) is 18.3 Å². The van der Waals surface area contributed by atoms with Crippen LogP contribution in [-0.2, 0) is 0 Å². The summed E-state index contributed by atoms with van der Waals surface area (Å²) in [6, 6.07) is 174. The highest BCUT2D eigenvalue weighted by molar-refractivity contribution is 6.33. The Balaban J connectivity index is 0.000000136. The van der Waals surface area contributed by atoms with E-state index in [4.69, 9.17) is 0 Å². The Labute approximate surface area is 738 Å². The molecule has 128 heavy (non-hydrogen) atoms. The normalized spacial score (nSPS) is 11.9. The lowest BCUT2D eigenvalue weighted by atomic mass is 9.87. The van der Waals surface area contributed by atoms with Crippen molar-refractivity contribution in [1.82, 2.24) is 18.3 Å². The van der Waals surface area contributed by atoms with E-state index < -0.39 is 0 Å². The van der Waals surface area contributed by atoms with Crippen LogP contribution in [0.5, 0.6) is 0 Å². The van der Waals surface area contributed by atoms with Crippen LogP contribution in [0.4, 0.5) is 0 Å². The summed E-state index contributed by atoms with van der Waals surface area (Å²) in [6.07, 6.45) is 0. The molecular weight excluding hydrogens is 1550 g/mol. The fraction of sp³-hybridized carbons (Fsp3) is 0. The van der Waals surface area contributed by atoms with Crippen LogP contribution in [0.3, 0.4) is 0 Å². The van der Waals surface area contributed by atoms with Gasteiger partial charge in [0.25, 0.3) is 0 Å². The van der Waals surface area contributed by atoms with E-state index in [1.807, 2.05) is 0 Å². The standard InChI is InChI=1S/C64H40N2.C60H38N2/c1-2-15-41(16-3-1)43-17-14-18-47(37-43)66-61-28-13-11-24-53(61)58-39-45(32-36-63(58)66)44-31-35-62-57(38-44)52-23-10-12-27-60(52)65(62)46-33-29-42(30-34-46)56-40-59-50-21-5-4-19-48(50)49-20-6-8-25-54(49)64(59)55-26-9-7-22-51(55)56;1-2-14-39(15-3-1)41-17-12-19-46(34-41)61-56-26-10-8-23-50(56)54-36-42(30-32-58(54)61)43-31-33-59-55(37-43)51-24-9-11-27-57(51)62(59)47-20-13-18-44(35-47)53-38-45-29-28-40-16-4-5-21-48(40)60(45)52-25-7-6-22-49(52)53/h1-40H;1-38H. The maximum Gasteiger partial charge on any atom is 0.0541 e. The molecule has 0 saturated carbocycles. The van der Waals surface area contributed by atoms with E-state index in [9.17, 15) is 0 Å². The quantitative estimate of drug-likeness (QED) is 0.122. The second kappa shape index (κ2) is 29.4. The minimum atomic E-state index is 1.14. The van der Waals surface area contributed by atoms with Crippen molar-refractivity contribution in [3.63, 3.8) is 0 Å². The van der Waals surface area contributed by atoms with E-state index in [0.717, 1.165) is 22.7 Å². The van der Waals surface area contributed by atoms with Gasteiger partial charge < -0.3 is 18.3 Å². The van der Waals surface area contributed by atoms with E-state index in [-0.39, 0.29) is 0 Å². The zero-order chi connectivity index (χ0) is 84.0. The van der Waals surface area contributed by atoms with E-state index in [1.54, 1.807) is 0 Å². The van der Waals surface area contributed by atoms with Crippen molar-refractivity contribution >= 4 is 163 Å². The van der Waals surface area contributed by atoms with Gasteiger partial charge in [-0.2, -0.15) is 0 Å². The highest BCUT2D eigenvalue weighted by Gasteiger charge is 2.23. The van der Waals surface area contributed by atoms with E-state index in [2.05, 4.69) is 491 Å². The van der Waals surface area contributed by atoms with Crippen LogP contribution in [0.1, 0.15) is 0 Å². The van der Waals surface area contributed by atoms with Crippen molar-refractivity contribution in [3.8, 4) is 89.5 Å². The fourth-order valence-corrected chi connectivity index (χ4v) is 21.4. The lowest BCUT2D eigenvalue weighted by Gasteiger charge is -2.16.